The van der Waals surface area contributed by atoms with Crippen LogP contribution >= 0.6 is 0 Å². The fraction of sp³-hybridized carbons (Fsp3) is 0.905. The lowest BCUT2D eigenvalue weighted by Gasteiger charge is -2.33. The second-order valence-electron chi connectivity index (χ2n) is 7.25. The Labute approximate surface area is 159 Å². The Hall–Kier alpha value is -1.26. The van der Waals surface area contributed by atoms with E-state index in [1.807, 2.05) is 0 Å². The molecule has 1 rings (SSSR count). The third-order valence-electron chi connectivity index (χ3n) is 5.02. The lowest BCUT2D eigenvalue weighted by molar-refractivity contribution is -0.150. The number of likely N-dealkylation sites (tertiary alicyclic amines) is 1. The van der Waals surface area contributed by atoms with Crippen LogP contribution in [0.15, 0.2) is 0 Å². The fourth-order valence-electron chi connectivity index (χ4n) is 3.46. The number of hydrogen-bond acceptors (Lipinski definition) is 4. The van der Waals surface area contributed by atoms with Crippen LogP contribution in [0, 0.1) is 0 Å². The van der Waals surface area contributed by atoms with E-state index in [4.69, 9.17) is 9.47 Å². The van der Waals surface area contributed by atoms with E-state index in [-0.39, 0.29) is 5.97 Å². The first kappa shape index (κ1) is 22.8. The second-order valence-corrected chi connectivity index (χ2v) is 7.25. The minimum atomic E-state index is -0.467. The Kier molecular flexibility index (Phi) is 13.0. The number of hydrogen-bond donors (Lipinski definition) is 0. The van der Waals surface area contributed by atoms with Crippen LogP contribution < -0.4 is 0 Å². The minimum absolute atomic E-state index is 0.270. The van der Waals surface area contributed by atoms with Crippen molar-refractivity contribution in [3.8, 4) is 0 Å². The number of piperidine rings is 1. The van der Waals surface area contributed by atoms with Crippen LogP contribution in [0.25, 0.3) is 0 Å². The molecule has 1 atom stereocenters. The second kappa shape index (κ2) is 14.9. The number of carbonyl (C=O) groups is 2. The summed E-state index contributed by atoms with van der Waals surface area (Å²) < 4.78 is 10.5. The van der Waals surface area contributed by atoms with Crippen LogP contribution in [0.5, 0.6) is 0 Å². The molecule has 5 nitrogen and oxygen atoms in total. The monoisotopic (exact) mass is 369 g/mol. The van der Waals surface area contributed by atoms with Gasteiger partial charge in [0.25, 0.3) is 0 Å². The predicted octanol–water partition coefficient (Wildman–Crippen LogP) is 5.46. The molecule has 0 aromatic carbocycles. The van der Waals surface area contributed by atoms with Gasteiger partial charge in [0.2, 0.25) is 0 Å². The van der Waals surface area contributed by atoms with Gasteiger partial charge >= 0.3 is 12.1 Å². The number of nitrogens with zero attached hydrogens (tertiary/aromatic N) is 1. The highest BCUT2D eigenvalue weighted by molar-refractivity contribution is 5.81. The highest BCUT2D eigenvalue weighted by Gasteiger charge is 2.34. The van der Waals surface area contributed by atoms with Crippen LogP contribution in [-0.4, -0.2) is 42.8 Å². The molecule has 26 heavy (non-hydrogen) atoms. The zero-order chi connectivity index (χ0) is 19.0. The Morgan fingerprint density at radius 3 is 2.08 bits per heavy atom. The van der Waals surface area contributed by atoms with E-state index in [0.717, 1.165) is 25.7 Å². The summed E-state index contributed by atoms with van der Waals surface area (Å²) in [6.07, 6.45) is 14.7. The van der Waals surface area contributed by atoms with E-state index >= 15 is 0 Å². The number of unbranched alkanes of at least 4 members (excludes halogenated alkanes) is 9. The molecule has 0 bridgehead atoms. The van der Waals surface area contributed by atoms with Crippen LogP contribution in [-0.2, 0) is 14.3 Å². The quantitative estimate of drug-likeness (QED) is 0.319. The van der Waals surface area contributed by atoms with E-state index in [9.17, 15) is 9.59 Å². The summed E-state index contributed by atoms with van der Waals surface area (Å²) in [5, 5.41) is 0. The summed E-state index contributed by atoms with van der Waals surface area (Å²) in [7, 11) is 0. The molecule has 1 heterocycles. The number of esters is 1. The van der Waals surface area contributed by atoms with Crippen molar-refractivity contribution < 1.29 is 19.1 Å². The van der Waals surface area contributed by atoms with Gasteiger partial charge in [0.15, 0.2) is 0 Å². The van der Waals surface area contributed by atoms with Crippen molar-refractivity contribution in [3.63, 3.8) is 0 Å². The molecule has 152 valence electrons. The number of rotatable bonds is 13. The maximum absolute atomic E-state index is 12.3. The first-order valence-electron chi connectivity index (χ1n) is 10.8. The molecule has 0 aromatic heterocycles. The van der Waals surface area contributed by atoms with E-state index in [2.05, 4.69) is 6.92 Å². The Morgan fingerprint density at radius 1 is 0.846 bits per heavy atom. The maximum atomic E-state index is 12.3. The Morgan fingerprint density at radius 2 is 1.46 bits per heavy atom. The van der Waals surface area contributed by atoms with Gasteiger partial charge in [-0.15, -0.1) is 0 Å². The standard InChI is InChI=1S/C21H39NO4/c1-3-5-6-7-8-9-10-11-12-15-18-26-20(23)19-16-13-14-17-22(19)21(24)25-4-2/h19H,3-18H2,1-2H3. The van der Waals surface area contributed by atoms with Crippen molar-refractivity contribution in [1.82, 2.24) is 4.90 Å². The first-order valence-corrected chi connectivity index (χ1v) is 10.8. The van der Waals surface area contributed by atoms with Gasteiger partial charge in [-0.2, -0.15) is 0 Å². The normalized spacial score (nSPS) is 17.2. The summed E-state index contributed by atoms with van der Waals surface area (Å²) in [6, 6.07) is -0.467. The van der Waals surface area contributed by atoms with E-state index < -0.39 is 12.1 Å². The zero-order valence-electron chi connectivity index (χ0n) is 17.0. The van der Waals surface area contributed by atoms with Crippen LogP contribution in [0.1, 0.15) is 97.3 Å². The van der Waals surface area contributed by atoms with Crippen molar-refractivity contribution in [1.29, 1.82) is 0 Å². The summed E-state index contributed by atoms with van der Waals surface area (Å²) in [5.74, 6) is -0.270. The van der Waals surface area contributed by atoms with Gasteiger partial charge in [-0.05, 0) is 32.6 Å². The molecule has 1 saturated heterocycles. The van der Waals surface area contributed by atoms with Crippen molar-refractivity contribution in [3.05, 3.63) is 0 Å². The van der Waals surface area contributed by atoms with Crippen molar-refractivity contribution in [2.75, 3.05) is 19.8 Å². The van der Waals surface area contributed by atoms with E-state index in [0.29, 0.717) is 26.2 Å². The van der Waals surface area contributed by atoms with E-state index in [1.165, 1.54) is 56.3 Å². The van der Waals surface area contributed by atoms with Crippen LogP contribution in [0.2, 0.25) is 0 Å². The molecule has 0 aliphatic carbocycles. The molecule has 1 amide bonds. The number of ether oxygens (including phenoxy) is 2. The summed E-state index contributed by atoms with van der Waals surface area (Å²) in [6.45, 7) is 5.39. The van der Waals surface area contributed by atoms with Gasteiger partial charge in [-0.1, -0.05) is 64.7 Å². The molecule has 1 aliphatic rings. The summed E-state index contributed by atoms with van der Waals surface area (Å²) in [5.41, 5.74) is 0. The maximum Gasteiger partial charge on any atom is 0.410 e. The molecule has 1 fully saturated rings. The van der Waals surface area contributed by atoms with Crippen molar-refractivity contribution in [2.45, 2.75) is 103 Å². The van der Waals surface area contributed by atoms with Gasteiger partial charge in [-0.25, -0.2) is 9.59 Å². The van der Waals surface area contributed by atoms with Crippen LogP contribution in [0.3, 0.4) is 0 Å². The lowest BCUT2D eigenvalue weighted by atomic mass is 10.0. The lowest BCUT2D eigenvalue weighted by Crippen LogP contribution is -2.48. The molecule has 1 unspecified atom stereocenters. The molecule has 0 spiro atoms. The smallest absolute Gasteiger partial charge is 0.410 e. The van der Waals surface area contributed by atoms with Gasteiger partial charge in [0.05, 0.1) is 13.2 Å². The molecular weight excluding hydrogens is 330 g/mol. The minimum Gasteiger partial charge on any atom is -0.464 e. The van der Waals surface area contributed by atoms with Gasteiger partial charge in [-0.3, -0.25) is 4.90 Å². The fourth-order valence-corrected chi connectivity index (χ4v) is 3.46. The molecular formula is C21H39NO4. The van der Waals surface area contributed by atoms with Crippen molar-refractivity contribution in [2.24, 2.45) is 0 Å². The molecule has 0 saturated carbocycles. The number of carbonyl (C=O) groups excluding carboxylic acids is 2. The third kappa shape index (κ3) is 9.44. The molecule has 1 aliphatic heterocycles. The van der Waals surface area contributed by atoms with Crippen LogP contribution in [0.4, 0.5) is 4.79 Å². The average molecular weight is 370 g/mol. The summed E-state index contributed by atoms with van der Waals surface area (Å²) in [4.78, 5) is 25.8. The predicted molar refractivity (Wildman–Crippen MR) is 104 cm³/mol. The third-order valence-corrected chi connectivity index (χ3v) is 5.02. The summed E-state index contributed by atoms with van der Waals surface area (Å²) >= 11 is 0. The molecule has 0 N–H and O–H groups in total. The highest BCUT2D eigenvalue weighted by Crippen LogP contribution is 2.19. The van der Waals surface area contributed by atoms with Gasteiger partial charge < -0.3 is 9.47 Å². The Balaban J connectivity index is 2.08. The van der Waals surface area contributed by atoms with Crippen molar-refractivity contribution >= 4 is 12.1 Å². The molecule has 5 heteroatoms. The first-order chi connectivity index (χ1) is 12.7. The zero-order valence-corrected chi connectivity index (χ0v) is 17.0. The van der Waals surface area contributed by atoms with Gasteiger partial charge in [0, 0.05) is 6.54 Å². The van der Waals surface area contributed by atoms with Gasteiger partial charge in [0.1, 0.15) is 6.04 Å². The number of amides is 1. The molecule has 0 aromatic rings. The Bertz CT molecular complexity index is 386. The van der Waals surface area contributed by atoms with E-state index in [1.54, 1.807) is 6.92 Å². The highest BCUT2D eigenvalue weighted by atomic mass is 16.6. The SMILES string of the molecule is CCCCCCCCCCCCOC(=O)C1CCCCN1C(=O)OCC. The average Bonchev–Trinajstić information content (AvgIpc) is 2.66. The molecule has 0 radical (unpaired) electrons. The topological polar surface area (TPSA) is 55.8 Å². The largest absolute Gasteiger partial charge is 0.464 e.